The Balaban J connectivity index is 2.09. The highest BCUT2D eigenvalue weighted by Crippen LogP contribution is 2.35. The molecular formula is C18H27ClN2O3. The van der Waals surface area contributed by atoms with E-state index in [9.17, 15) is 4.79 Å². The van der Waals surface area contributed by atoms with Crippen LogP contribution in [0.4, 0.5) is 0 Å². The summed E-state index contributed by atoms with van der Waals surface area (Å²) in [5.74, 6) is 2.02. The fourth-order valence-electron chi connectivity index (χ4n) is 3.13. The zero-order valence-electron chi connectivity index (χ0n) is 15.0. The summed E-state index contributed by atoms with van der Waals surface area (Å²) in [6.07, 6.45) is 1.55. The fourth-order valence-corrected chi connectivity index (χ4v) is 3.37. The first-order valence-corrected chi connectivity index (χ1v) is 8.74. The standard InChI is InChI=1S/C18H27ClN2O3/c1-5-6-24-18-14(8-15(19)9-16(18)23-4)12-20(2)10-13-7-17(22)21(3)11-13/h8-9,13H,5-7,10-12H2,1-4H3. The van der Waals surface area contributed by atoms with Crippen LogP contribution in [-0.2, 0) is 11.3 Å². The third-order valence-electron chi connectivity index (χ3n) is 4.20. The molecule has 2 rings (SSSR count). The maximum Gasteiger partial charge on any atom is 0.222 e. The Morgan fingerprint density at radius 3 is 2.75 bits per heavy atom. The van der Waals surface area contributed by atoms with Gasteiger partial charge in [-0.25, -0.2) is 0 Å². The maximum absolute atomic E-state index is 11.7. The lowest BCUT2D eigenvalue weighted by atomic mass is 10.1. The molecule has 1 heterocycles. The largest absolute Gasteiger partial charge is 0.493 e. The molecule has 0 radical (unpaired) electrons. The van der Waals surface area contributed by atoms with Crippen LogP contribution in [0.25, 0.3) is 0 Å². The minimum atomic E-state index is 0.227. The molecule has 1 amide bonds. The second kappa shape index (κ2) is 8.58. The van der Waals surface area contributed by atoms with Crippen molar-refractivity contribution in [3.8, 4) is 11.5 Å². The van der Waals surface area contributed by atoms with E-state index >= 15 is 0 Å². The van der Waals surface area contributed by atoms with Gasteiger partial charge in [-0.1, -0.05) is 18.5 Å². The number of nitrogens with zero attached hydrogens (tertiary/aromatic N) is 2. The highest BCUT2D eigenvalue weighted by Gasteiger charge is 2.27. The third kappa shape index (κ3) is 4.77. The van der Waals surface area contributed by atoms with Crippen LogP contribution in [0.1, 0.15) is 25.3 Å². The van der Waals surface area contributed by atoms with Crippen molar-refractivity contribution in [3.05, 3.63) is 22.7 Å². The number of ether oxygens (including phenoxy) is 2. The molecule has 0 aliphatic carbocycles. The fraction of sp³-hybridized carbons (Fsp3) is 0.611. The molecule has 0 aromatic heterocycles. The van der Waals surface area contributed by atoms with E-state index < -0.39 is 0 Å². The molecule has 1 unspecified atom stereocenters. The molecule has 1 aliphatic rings. The van der Waals surface area contributed by atoms with Gasteiger partial charge in [-0.15, -0.1) is 0 Å². The topological polar surface area (TPSA) is 42.0 Å². The number of amides is 1. The molecule has 1 atom stereocenters. The average Bonchev–Trinajstić information content (AvgIpc) is 2.83. The number of carbonyl (C=O) groups is 1. The van der Waals surface area contributed by atoms with E-state index in [0.29, 0.717) is 36.3 Å². The quantitative estimate of drug-likeness (QED) is 0.719. The molecule has 5 nitrogen and oxygen atoms in total. The number of hydrogen-bond acceptors (Lipinski definition) is 4. The van der Waals surface area contributed by atoms with Crippen LogP contribution in [0, 0.1) is 5.92 Å². The number of methoxy groups -OCH3 is 1. The molecule has 24 heavy (non-hydrogen) atoms. The Morgan fingerprint density at radius 1 is 1.42 bits per heavy atom. The van der Waals surface area contributed by atoms with Crippen LogP contribution in [0.2, 0.25) is 5.02 Å². The van der Waals surface area contributed by atoms with Gasteiger partial charge < -0.3 is 19.3 Å². The second-order valence-corrected chi connectivity index (χ2v) is 6.92. The minimum absolute atomic E-state index is 0.227. The van der Waals surface area contributed by atoms with E-state index in [1.54, 1.807) is 18.1 Å². The SMILES string of the molecule is CCCOc1c(CN(C)CC2CC(=O)N(C)C2)cc(Cl)cc1OC. The number of benzene rings is 1. The van der Waals surface area contributed by atoms with Crippen LogP contribution in [0.15, 0.2) is 12.1 Å². The zero-order valence-corrected chi connectivity index (χ0v) is 15.7. The molecular weight excluding hydrogens is 328 g/mol. The predicted molar refractivity (Wildman–Crippen MR) is 95.9 cm³/mol. The Bertz CT molecular complexity index is 580. The Labute approximate surface area is 149 Å². The van der Waals surface area contributed by atoms with Crippen molar-refractivity contribution in [2.24, 2.45) is 5.92 Å². The van der Waals surface area contributed by atoms with Gasteiger partial charge in [0.15, 0.2) is 11.5 Å². The van der Waals surface area contributed by atoms with Crippen molar-refractivity contribution in [2.45, 2.75) is 26.3 Å². The smallest absolute Gasteiger partial charge is 0.222 e. The van der Waals surface area contributed by atoms with Crippen molar-refractivity contribution < 1.29 is 14.3 Å². The number of likely N-dealkylation sites (tertiary alicyclic amines) is 1. The van der Waals surface area contributed by atoms with Gasteiger partial charge in [-0.3, -0.25) is 4.79 Å². The third-order valence-corrected chi connectivity index (χ3v) is 4.42. The van der Waals surface area contributed by atoms with Gasteiger partial charge in [0.2, 0.25) is 5.91 Å². The molecule has 1 aromatic rings. The van der Waals surface area contributed by atoms with Gasteiger partial charge in [0, 0.05) is 49.8 Å². The maximum atomic E-state index is 11.7. The first-order valence-electron chi connectivity index (χ1n) is 8.36. The number of carbonyl (C=O) groups excluding carboxylic acids is 1. The van der Waals surface area contributed by atoms with Crippen LogP contribution in [-0.4, -0.2) is 56.6 Å². The van der Waals surface area contributed by atoms with Crippen molar-refractivity contribution >= 4 is 17.5 Å². The number of rotatable bonds is 8. The van der Waals surface area contributed by atoms with E-state index in [2.05, 4.69) is 18.9 Å². The van der Waals surface area contributed by atoms with E-state index in [1.165, 1.54) is 0 Å². The number of halogens is 1. The van der Waals surface area contributed by atoms with Crippen molar-refractivity contribution in [3.63, 3.8) is 0 Å². The second-order valence-electron chi connectivity index (χ2n) is 6.49. The highest BCUT2D eigenvalue weighted by atomic mass is 35.5. The average molecular weight is 355 g/mol. The first-order chi connectivity index (χ1) is 11.4. The van der Waals surface area contributed by atoms with Crippen LogP contribution < -0.4 is 9.47 Å². The molecule has 134 valence electrons. The van der Waals surface area contributed by atoms with Gasteiger partial charge in [0.25, 0.3) is 0 Å². The molecule has 6 heteroatoms. The summed E-state index contributed by atoms with van der Waals surface area (Å²) >= 11 is 6.22. The lowest BCUT2D eigenvalue weighted by Crippen LogP contribution is -2.27. The summed E-state index contributed by atoms with van der Waals surface area (Å²) in [5, 5.41) is 0.634. The molecule has 0 bridgehead atoms. The summed E-state index contributed by atoms with van der Waals surface area (Å²) in [6.45, 7) is 5.09. The summed E-state index contributed by atoms with van der Waals surface area (Å²) < 4.78 is 11.3. The lowest BCUT2D eigenvalue weighted by molar-refractivity contribution is -0.126. The van der Waals surface area contributed by atoms with Crippen LogP contribution in [0.5, 0.6) is 11.5 Å². The zero-order chi connectivity index (χ0) is 17.7. The van der Waals surface area contributed by atoms with Gasteiger partial charge in [0.1, 0.15) is 0 Å². The molecule has 1 aromatic carbocycles. The summed E-state index contributed by atoms with van der Waals surface area (Å²) in [6, 6.07) is 3.71. The summed E-state index contributed by atoms with van der Waals surface area (Å²) in [4.78, 5) is 15.7. The van der Waals surface area contributed by atoms with E-state index in [0.717, 1.165) is 30.8 Å². The predicted octanol–water partition coefficient (Wildman–Crippen LogP) is 3.05. The lowest BCUT2D eigenvalue weighted by Gasteiger charge is -2.23. The van der Waals surface area contributed by atoms with Crippen molar-refractivity contribution in [1.82, 2.24) is 9.80 Å². The molecule has 1 saturated heterocycles. The molecule has 1 aliphatic heterocycles. The van der Waals surface area contributed by atoms with Gasteiger partial charge in [-0.2, -0.15) is 0 Å². The Morgan fingerprint density at radius 2 is 2.17 bits per heavy atom. The van der Waals surface area contributed by atoms with Crippen molar-refractivity contribution in [2.75, 3.05) is 40.9 Å². The summed E-state index contributed by atoms with van der Waals surface area (Å²) in [5.41, 5.74) is 1.01. The summed E-state index contributed by atoms with van der Waals surface area (Å²) in [7, 11) is 5.54. The van der Waals surface area contributed by atoms with Gasteiger partial charge >= 0.3 is 0 Å². The molecule has 0 spiro atoms. The van der Waals surface area contributed by atoms with E-state index in [4.69, 9.17) is 21.1 Å². The van der Waals surface area contributed by atoms with Gasteiger partial charge in [0.05, 0.1) is 13.7 Å². The Hall–Kier alpha value is -1.46. The number of hydrogen-bond donors (Lipinski definition) is 0. The van der Waals surface area contributed by atoms with Gasteiger partial charge in [-0.05, 0) is 25.5 Å². The molecule has 0 N–H and O–H groups in total. The molecule has 1 fully saturated rings. The van der Waals surface area contributed by atoms with Crippen LogP contribution in [0.3, 0.4) is 0 Å². The first kappa shape index (κ1) is 18.9. The minimum Gasteiger partial charge on any atom is -0.493 e. The molecule has 0 saturated carbocycles. The van der Waals surface area contributed by atoms with Crippen LogP contribution >= 0.6 is 11.6 Å². The highest BCUT2D eigenvalue weighted by molar-refractivity contribution is 6.30. The van der Waals surface area contributed by atoms with E-state index in [-0.39, 0.29) is 5.91 Å². The van der Waals surface area contributed by atoms with Crippen molar-refractivity contribution in [1.29, 1.82) is 0 Å². The Kier molecular flexibility index (Phi) is 6.75. The monoisotopic (exact) mass is 354 g/mol. The van der Waals surface area contributed by atoms with E-state index in [1.807, 2.05) is 13.1 Å². The normalized spacial score (nSPS) is 17.7.